The van der Waals surface area contributed by atoms with Gasteiger partial charge < -0.3 is 5.11 Å². The van der Waals surface area contributed by atoms with E-state index in [0.717, 1.165) is 32.2 Å². The van der Waals surface area contributed by atoms with E-state index in [1.54, 1.807) is 0 Å². The number of carboxylic acids is 1. The summed E-state index contributed by atoms with van der Waals surface area (Å²) in [7, 11) is 0. The highest BCUT2D eigenvalue weighted by molar-refractivity contribution is 9.11. The topological polar surface area (TPSA) is 68.0 Å². The highest BCUT2D eigenvalue weighted by Crippen LogP contribution is 2.31. The van der Waals surface area contributed by atoms with Crippen molar-refractivity contribution in [2.24, 2.45) is 0 Å². The Morgan fingerprint density at radius 2 is 2.10 bits per heavy atom. The maximum Gasteiger partial charge on any atom is 0.313 e. The Morgan fingerprint density at radius 3 is 2.67 bits per heavy atom. The molecule has 21 heavy (non-hydrogen) atoms. The second-order valence-corrected chi connectivity index (χ2v) is 7.32. The minimum atomic E-state index is -0.879. The predicted molar refractivity (Wildman–Crippen MR) is 89.2 cm³/mol. The van der Waals surface area contributed by atoms with Crippen molar-refractivity contribution in [3.63, 3.8) is 0 Å². The normalized spacial score (nSPS) is 11.1. The maximum atomic E-state index is 10.8. The summed E-state index contributed by atoms with van der Waals surface area (Å²) in [5.74, 6) is 0.0401. The SMILES string of the molecule is CC(C)c1nnc(SCC(=O)O)n1-c1ccc(Br)cc1Br. The van der Waals surface area contributed by atoms with Gasteiger partial charge in [0, 0.05) is 14.9 Å². The van der Waals surface area contributed by atoms with E-state index in [9.17, 15) is 4.79 Å². The van der Waals surface area contributed by atoms with E-state index in [-0.39, 0.29) is 11.7 Å². The molecule has 112 valence electrons. The molecule has 0 spiro atoms. The number of carboxylic acid groups (broad SMARTS) is 1. The second-order valence-electron chi connectivity index (χ2n) is 4.61. The summed E-state index contributed by atoms with van der Waals surface area (Å²) < 4.78 is 3.74. The summed E-state index contributed by atoms with van der Waals surface area (Å²) in [6.07, 6.45) is 0. The van der Waals surface area contributed by atoms with Crippen LogP contribution in [0.5, 0.6) is 0 Å². The van der Waals surface area contributed by atoms with Gasteiger partial charge in [0.1, 0.15) is 5.82 Å². The van der Waals surface area contributed by atoms with E-state index < -0.39 is 5.97 Å². The van der Waals surface area contributed by atoms with Crippen LogP contribution in [0.1, 0.15) is 25.6 Å². The van der Waals surface area contributed by atoms with Crippen LogP contribution in [0, 0.1) is 0 Å². The summed E-state index contributed by atoms with van der Waals surface area (Å²) >= 11 is 8.11. The quantitative estimate of drug-likeness (QED) is 0.717. The molecule has 0 aliphatic carbocycles. The first kappa shape index (κ1) is 16.5. The fourth-order valence-corrected chi connectivity index (χ4v) is 3.66. The van der Waals surface area contributed by atoms with Crippen molar-refractivity contribution in [3.05, 3.63) is 33.0 Å². The smallest absolute Gasteiger partial charge is 0.313 e. The standard InChI is InChI=1S/C13H13Br2N3O2S/c1-7(2)12-16-17-13(21-6-11(19)20)18(12)10-4-3-8(14)5-9(10)15/h3-5,7H,6H2,1-2H3,(H,19,20). The zero-order valence-electron chi connectivity index (χ0n) is 11.4. The van der Waals surface area contributed by atoms with Gasteiger partial charge >= 0.3 is 5.97 Å². The van der Waals surface area contributed by atoms with E-state index in [1.165, 1.54) is 0 Å². The zero-order chi connectivity index (χ0) is 15.6. The first-order valence-electron chi connectivity index (χ1n) is 6.15. The van der Waals surface area contributed by atoms with E-state index in [4.69, 9.17) is 5.11 Å². The van der Waals surface area contributed by atoms with Crippen molar-refractivity contribution in [2.45, 2.75) is 24.9 Å². The molecule has 1 heterocycles. The minimum Gasteiger partial charge on any atom is -0.481 e. The highest BCUT2D eigenvalue weighted by Gasteiger charge is 2.19. The number of halogens is 2. The third-order valence-corrected chi connectivity index (χ3v) is 4.69. The monoisotopic (exact) mass is 433 g/mol. The molecule has 0 amide bonds. The Kier molecular flexibility index (Phi) is 5.45. The molecule has 1 aromatic carbocycles. The summed E-state index contributed by atoms with van der Waals surface area (Å²) in [4.78, 5) is 10.8. The van der Waals surface area contributed by atoms with E-state index in [2.05, 4.69) is 42.1 Å². The predicted octanol–water partition coefficient (Wildman–Crippen LogP) is 4.09. The van der Waals surface area contributed by atoms with Crippen LogP contribution in [0.15, 0.2) is 32.3 Å². The van der Waals surface area contributed by atoms with Crippen LogP contribution in [0.25, 0.3) is 5.69 Å². The molecule has 0 radical (unpaired) electrons. The number of thioether (sulfide) groups is 1. The lowest BCUT2D eigenvalue weighted by molar-refractivity contribution is -0.133. The molecule has 2 rings (SSSR count). The average Bonchev–Trinajstić information content (AvgIpc) is 2.80. The van der Waals surface area contributed by atoms with E-state index >= 15 is 0 Å². The number of rotatable bonds is 5. The molecule has 8 heteroatoms. The molecule has 0 unspecified atom stereocenters. The van der Waals surface area contributed by atoms with Crippen LogP contribution >= 0.6 is 43.6 Å². The van der Waals surface area contributed by atoms with Crippen molar-refractivity contribution in [2.75, 3.05) is 5.75 Å². The summed E-state index contributed by atoms with van der Waals surface area (Å²) in [6, 6.07) is 5.80. The molecule has 0 aliphatic heterocycles. The number of aromatic nitrogens is 3. The highest BCUT2D eigenvalue weighted by atomic mass is 79.9. The molecular weight excluding hydrogens is 422 g/mol. The second kappa shape index (κ2) is 6.93. The van der Waals surface area contributed by atoms with Gasteiger partial charge in [0.05, 0.1) is 11.4 Å². The van der Waals surface area contributed by atoms with Crippen LogP contribution in [0.2, 0.25) is 0 Å². The number of carbonyl (C=O) groups is 1. The van der Waals surface area contributed by atoms with Gasteiger partial charge in [0.25, 0.3) is 0 Å². The Hall–Kier alpha value is -0.860. The summed E-state index contributed by atoms with van der Waals surface area (Å²) in [6.45, 7) is 4.05. The van der Waals surface area contributed by atoms with E-state index in [0.29, 0.717) is 5.16 Å². The van der Waals surface area contributed by atoms with Gasteiger partial charge in [-0.25, -0.2) is 0 Å². The van der Waals surface area contributed by atoms with Crippen molar-refractivity contribution in [3.8, 4) is 5.69 Å². The third-order valence-electron chi connectivity index (χ3n) is 2.65. The van der Waals surface area contributed by atoms with Gasteiger partial charge in [-0.05, 0) is 34.1 Å². The third kappa shape index (κ3) is 3.87. The number of nitrogens with zero attached hydrogens (tertiary/aromatic N) is 3. The molecule has 5 nitrogen and oxygen atoms in total. The number of aliphatic carboxylic acids is 1. The van der Waals surface area contributed by atoms with Gasteiger partial charge in [-0.2, -0.15) is 0 Å². The van der Waals surface area contributed by atoms with Crippen LogP contribution in [0.3, 0.4) is 0 Å². The van der Waals surface area contributed by atoms with Gasteiger partial charge in [-0.15, -0.1) is 10.2 Å². The molecule has 0 bridgehead atoms. The van der Waals surface area contributed by atoms with Crippen LogP contribution in [-0.4, -0.2) is 31.6 Å². The number of benzene rings is 1. The summed E-state index contributed by atoms with van der Waals surface area (Å²) in [5.41, 5.74) is 0.889. The first-order valence-corrected chi connectivity index (χ1v) is 8.72. The molecule has 0 saturated carbocycles. The van der Waals surface area contributed by atoms with Gasteiger partial charge in [0.15, 0.2) is 5.16 Å². The number of hydrogen-bond acceptors (Lipinski definition) is 4. The van der Waals surface area contributed by atoms with Gasteiger partial charge in [-0.3, -0.25) is 9.36 Å². The lowest BCUT2D eigenvalue weighted by Gasteiger charge is -2.13. The van der Waals surface area contributed by atoms with Crippen LogP contribution in [0.4, 0.5) is 0 Å². The number of hydrogen-bond donors (Lipinski definition) is 1. The minimum absolute atomic E-state index is 0.0512. The lowest BCUT2D eigenvalue weighted by atomic mass is 10.2. The Balaban J connectivity index is 2.52. The Bertz CT molecular complexity index is 673. The Labute approximate surface area is 143 Å². The maximum absolute atomic E-state index is 10.8. The first-order chi connectivity index (χ1) is 9.90. The molecular formula is C13H13Br2N3O2S. The van der Waals surface area contributed by atoms with Crippen LogP contribution in [-0.2, 0) is 4.79 Å². The van der Waals surface area contributed by atoms with Crippen molar-refractivity contribution in [1.29, 1.82) is 0 Å². The molecule has 0 atom stereocenters. The van der Waals surface area contributed by atoms with E-state index in [1.807, 2.05) is 36.6 Å². The fourth-order valence-electron chi connectivity index (χ4n) is 1.76. The molecule has 0 saturated heterocycles. The van der Waals surface area contributed by atoms with Crippen molar-refractivity contribution >= 4 is 49.6 Å². The van der Waals surface area contributed by atoms with Crippen LogP contribution < -0.4 is 0 Å². The fraction of sp³-hybridized carbons (Fsp3) is 0.308. The summed E-state index contributed by atoms with van der Waals surface area (Å²) in [5, 5.41) is 17.8. The molecule has 0 aliphatic rings. The molecule has 1 N–H and O–H groups in total. The molecule has 0 fully saturated rings. The lowest BCUT2D eigenvalue weighted by Crippen LogP contribution is -2.06. The largest absolute Gasteiger partial charge is 0.481 e. The van der Waals surface area contributed by atoms with Gasteiger partial charge in [0.2, 0.25) is 0 Å². The van der Waals surface area contributed by atoms with Crippen molar-refractivity contribution in [1.82, 2.24) is 14.8 Å². The van der Waals surface area contributed by atoms with Crippen molar-refractivity contribution < 1.29 is 9.90 Å². The average molecular weight is 435 g/mol. The molecule has 1 aromatic heterocycles. The molecule has 2 aromatic rings. The van der Waals surface area contributed by atoms with Gasteiger partial charge in [-0.1, -0.05) is 41.5 Å². The Morgan fingerprint density at radius 1 is 1.38 bits per heavy atom. The zero-order valence-corrected chi connectivity index (χ0v) is 15.4.